The number of nitrogens with one attached hydrogen (secondary N) is 1. The lowest BCUT2D eigenvalue weighted by atomic mass is 10.1. The fraction of sp³-hybridized carbons (Fsp3) is 0.182. The maximum absolute atomic E-state index is 11.4. The van der Waals surface area contributed by atoms with Gasteiger partial charge >= 0.3 is 0 Å². The molecule has 0 aliphatic carbocycles. The molecule has 0 saturated heterocycles. The summed E-state index contributed by atoms with van der Waals surface area (Å²) in [5.74, 6) is -0.266. The topological polar surface area (TPSA) is 68.0 Å². The van der Waals surface area contributed by atoms with Crippen molar-refractivity contribution in [1.82, 2.24) is 15.6 Å². The normalized spacial score (nSPS) is 10.0. The van der Waals surface area contributed by atoms with Crippen molar-refractivity contribution in [3.8, 4) is 0 Å². The van der Waals surface area contributed by atoms with E-state index in [1.54, 1.807) is 0 Å². The number of hydrogen-bond acceptors (Lipinski definition) is 4. The zero-order chi connectivity index (χ0) is 11.2. The molecule has 2 aromatic rings. The Bertz CT molecular complexity index is 440. The highest BCUT2D eigenvalue weighted by Gasteiger charge is 2.08. The smallest absolute Gasteiger partial charge is 0.275 e. The zero-order valence-electron chi connectivity index (χ0n) is 8.59. The molecule has 1 N–H and O–H groups in total. The number of carbonyl (C=O) groups excluding carboxylic acids is 1. The standard InChI is InChI=1S/C11H11N3O2/c15-11(10-8-13-16-14-10)12-7-6-9-4-2-1-3-5-9/h1-5,8H,6-7H2,(H,12,15). The first-order chi connectivity index (χ1) is 7.86. The first-order valence-corrected chi connectivity index (χ1v) is 4.96. The SMILES string of the molecule is O=C(NCCc1ccccc1)c1cnon1. The zero-order valence-corrected chi connectivity index (χ0v) is 8.59. The molecular weight excluding hydrogens is 206 g/mol. The summed E-state index contributed by atoms with van der Waals surface area (Å²) in [5, 5.41) is 9.54. The number of hydrogen-bond donors (Lipinski definition) is 1. The van der Waals surface area contributed by atoms with Gasteiger partial charge < -0.3 is 5.32 Å². The number of rotatable bonds is 4. The van der Waals surface area contributed by atoms with Crippen molar-refractivity contribution < 1.29 is 9.42 Å². The summed E-state index contributed by atoms with van der Waals surface area (Å²) in [6.45, 7) is 0.565. The summed E-state index contributed by atoms with van der Waals surface area (Å²) in [7, 11) is 0. The number of benzene rings is 1. The highest BCUT2D eigenvalue weighted by Crippen LogP contribution is 1.98. The molecule has 82 valence electrons. The molecule has 5 nitrogen and oxygen atoms in total. The molecule has 0 unspecified atom stereocenters. The van der Waals surface area contributed by atoms with E-state index >= 15 is 0 Å². The molecule has 0 radical (unpaired) electrons. The van der Waals surface area contributed by atoms with Crippen molar-refractivity contribution in [3.05, 3.63) is 47.8 Å². The van der Waals surface area contributed by atoms with E-state index in [4.69, 9.17) is 0 Å². The second-order valence-electron chi connectivity index (χ2n) is 3.28. The van der Waals surface area contributed by atoms with Gasteiger partial charge in [-0.1, -0.05) is 35.5 Å². The lowest BCUT2D eigenvalue weighted by molar-refractivity contribution is 0.0944. The maximum atomic E-state index is 11.4. The lowest BCUT2D eigenvalue weighted by Gasteiger charge is -2.02. The third-order valence-electron chi connectivity index (χ3n) is 2.14. The molecule has 0 spiro atoms. The van der Waals surface area contributed by atoms with Crippen molar-refractivity contribution in [2.45, 2.75) is 6.42 Å². The molecule has 2 rings (SSSR count). The minimum atomic E-state index is -0.266. The second-order valence-corrected chi connectivity index (χ2v) is 3.28. The number of carbonyl (C=O) groups is 1. The monoisotopic (exact) mass is 217 g/mol. The van der Waals surface area contributed by atoms with Gasteiger partial charge in [-0.05, 0) is 17.1 Å². The number of amides is 1. The summed E-state index contributed by atoms with van der Waals surface area (Å²) >= 11 is 0. The van der Waals surface area contributed by atoms with Gasteiger partial charge in [0, 0.05) is 6.54 Å². The van der Waals surface area contributed by atoms with E-state index < -0.39 is 0 Å². The van der Waals surface area contributed by atoms with Gasteiger partial charge in [0.25, 0.3) is 5.91 Å². The van der Waals surface area contributed by atoms with Crippen LogP contribution in [0.1, 0.15) is 16.1 Å². The van der Waals surface area contributed by atoms with Crippen LogP contribution < -0.4 is 5.32 Å². The molecule has 0 fully saturated rings. The summed E-state index contributed by atoms with van der Waals surface area (Å²) in [5.41, 5.74) is 1.38. The Kier molecular flexibility index (Phi) is 3.28. The van der Waals surface area contributed by atoms with Crippen LogP contribution in [0.2, 0.25) is 0 Å². The molecule has 1 aromatic heterocycles. The highest BCUT2D eigenvalue weighted by atomic mass is 16.6. The third kappa shape index (κ3) is 2.66. The van der Waals surface area contributed by atoms with E-state index in [0.29, 0.717) is 6.54 Å². The van der Waals surface area contributed by atoms with Gasteiger partial charge in [0.05, 0.1) is 0 Å². The van der Waals surface area contributed by atoms with E-state index in [1.807, 2.05) is 30.3 Å². The Morgan fingerprint density at radius 1 is 1.31 bits per heavy atom. The number of nitrogens with zero attached hydrogens (tertiary/aromatic N) is 2. The molecular formula is C11H11N3O2. The van der Waals surface area contributed by atoms with Crippen molar-refractivity contribution in [2.75, 3.05) is 6.54 Å². The molecule has 0 aliphatic rings. The Hall–Kier alpha value is -2.17. The van der Waals surface area contributed by atoms with Crippen LogP contribution in [0, 0.1) is 0 Å². The summed E-state index contributed by atoms with van der Waals surface area (Å²) < 4.78 is 4.34. The Balaban J connectivity index is 1.79. The summed E-state index contributed by atoms with van der Waals surface area (Å²) in [6.07, 6.45) is 2.08. The van der Waals surface area contributed by atoms with E-state index in [2.05, 4.69) is 20.3 Å². The van der Waals surface area contributed by atoms with Crippen molar-refractivity contribution in [2.24, 2.45) is 0 Å². The van der Waals surface area contributed by atoms with E-state index in [-0.39, 0.29) is 11.6 Å². The second kappa shape index (κ2) is 5.06. The quantitative estimate of drug-likeness (QED) is 0.830. The fourth-order valence-electron chi connectivity index (χ4n) is 1.32. The molecule has 0 aliphatic heterocycles. The van der Waals surface area contributed by atoms with Crippen LogP contribution in [0.25, 0.3) is 0 Å². The van der Waals surface area contributed by atoms with Gasteiger partial charge in [-0.3, -0.25) is 4.79 Å². The first kappa shape index (κ1) is 10.4. The Morgan fingerprint density at radius 3 is 2.81 bits per heavy atom. The highest BCUT2D eigenvalue weighted by molar-refractivity contribution is 5.91. The van der Waals surface area contributed by atoms with Gasteiger partial charge in [0.2, 0.25) is 0 Å². The molecule has 0 atom stereocenters. The molecule has 5 heteroatoms. The fourth-order valence-corrected chi connectivity index (χ4v) is 1.32. The van der Waals surface area contributed by atoms with E-state index in [0.717, 1.165) is 6.42 Å². The van der Waals surface area contributed by atoms with Crippen LogP contribution in [-0.2, 0) is 6.42 Å². The van der Waals surface area contributed by atoms with Crippen LogP contribution in [0.5, 0.6) is 0 Å². The molecule has 0 bridgehead atoms. The van der Waals surface area contributed by atoms with Crippen LogP contribution in [-0.4, -0.2) is 22.8 Å². The van der Waals surface area contributed by atoms with Crippen molar-refractivity contribution in [1.29, 1.82) is 0 Å². The van der Waals surface area contributed by atoms with Gasteiger partial charge in [-0.25, -0.2) is 4.63 Å². The van der Waals surface area contributed by atoms with Crippen LogP contribution >= 0.6 is 0 Å². The van der Waals surface area contributed by atoms with Crippen molar-refractivity contribution >= 4 is 5.91 Å². The maximum Gasteiger partial charge on any atom is 0.275 e. The van der Waals surface area contributed by atoms with E-state index in [1.165, 1.54) is 11.8 Å². The Labute approximate surface area is 92.4 Å². The average Bonchev–Trinajstić information content (AvgIpc) is 2.84. The Morgan fingerprint density at radius 2 is 2.12 bits per heavy atom. The minimum Gasteiger partial charge on any atom is -0.350 e. The van der Waals surface area contributed by atoms with E-state index in [9.17, 15) is 4.79 Å². The molecule has 1 amide bonds. The van der Waals surface area contributed by atoms with Gasteiger partial charge in [-0.15, -0.1) is 0 Å². The predicted molar refractivity (Wildman–Crippen MR) is 56.8 cm³/mol. The van der Waals surface area contributed by atoms with Gasteiger partial charge in [0.15, 0.2) is 5.69 Å². The summed E-state index contributed by atoms with van der Waals surface area (Å²) in [4.78, 5) is 11.4. The largest absolute Gasteiger partial charge is 0.350 e. The molecule has 0 saturated carbocycles. The summed E-state index contributed by atoms with van der Waals surface area (Å²) in [6, 6.07) is 9.94. The van der Waals surface area contributed by atoms with Crippen molar-refractivity contribution in [3.63, 3.8) is 0 Å². The van der Waals surface area contributed by atoms with Crippen LogP contribution in [0.3, 0.4) is 0 Å². The first-order valence-electron chi connectivity index (χ1n) is 4.96. The van der Waals surface area contributed by atoms with Crippen LogP contribution in [0.15, 0.2) is 41.2 Å². The third-order valence-corrected chi connectivity index (χ3v) is 2.14. The predicted octanol–water partition coefficient (Wildman–Crippen LogP) is 1.04. The van der Waals surface area contributed by atoms with Gasteiger partial charge in [0.1, 0.15) is 6.20 Å². The minimum absolute atomic E-state index is 0.202. The molecule has 16 heavy (non-hydrogen) atoms. The van der Waals surface area contributed by atoms with Crippen LogP contribution in [0.4, 0.5) is 0 Å². The number of aromatic nitrogens is 2. The average molecular weight is 217 g/mol. The lowest BCUT2D eigenvalue weighted by Crippen LogP contribution is -2.25. The molecule has 1 aromatic carbocycles. The van der Waals surface area contributed by atoms with Gasteiger partial charge in [-0.2, -0.15) is 0 Å². The molecule has 1 heterocycles.